The van der Waals surface area contributed by atoms with Gasteiger partial charge in [0.25, 0.3) is 0 Å². The Morgan fingerprint density at radius 2 is 1.81 bits per heavy atom. The fourth-order valence-electron chi connectivity index (χ4n) is 2.15. The van der Waals surface area contributed by atoms with E-state index in [0.717, 1.165) is 23.2 Å². The summed E-state index contributed by atoms with van der Waals surface area (Å²) in [6, 6.07) is 5.87. The summed E-state index contributed by atoms with van der Waals surface area (Å²) in [5.74, 6) is -0.150. The molecule has 3 heteroatoms. The third-order valence-electron chi connectivity index (χ3n) is 2.98. The highest BCUT2D eigenvalue weighted by Crippen LogP contribution is 2.30. The number of para-hydroxylation sites is 1. The molecule has 1 fully saturated rings. The zero-order valence-corrected chi connectivity index (χ0v) is 9.62. The molecule has 1 heterocycles. The number of carbonyl (C=O) groups excluding carboxylic acids is 2. The molecule has 0 N–H and O–H groups in total. The van der Waals surface area contributed by atoms with Gasteiger partial charge < -0.3 is 0 Å². The Morgan fingerprint density at radius 3 is 2.38 bits per heavy atom. The molecule has 2 rings (SSSR count). The number of nitrogens with zero attached hydrogens (tertiary/aromatic N) is 1. The highest BCUT2D eigenvalue weighted by molar-refractivity contribution is 6.20. The summed E-state index contributed by atoms with van der Waals surface area (Å²) in [6.07, 6.45) is 1.51. The average Bonchev–Trinajstić information content (AvgIpc) is 2.59. The molecule has 0 spiro atoms. The quantitative estimate of drug-likeness (QED) is 0.712. The van der Waals surface area contributed by atoms with Gasteiger partial charge in [-0.2, -0.15) is 0 Å². The van der Waals surface area contributed by atoms with Gasteiger partial charge in [0, 0.05) is 12.8 Å². The molecule has 1 aromatic rings. The molecular formula is C13H15NO2. The summed E-state index contributed by atoms with van der Waals surface area (Å²) in [6.45, 7) is 3.97. The van der Waals surface area contributed by atoms with Crippen molar-refractivity contribution in [3.63, 3.8) is 0 Å². The van der Waals surface area contributed by atoms with Gasteiger partial charge in [-0.3, -0.25) is 14.5 Å². The van der Waals surface area contributed by atoms with Crippen LogP contribution in [0.2, 0.25) is 0 Å². The third kappa shape index (κ3) is 1.62. The van der Waals surface area contributed by atoms with Crippen molar-refractivity contribution < 1.29 is 9.59 Å². The van der Waals surface area contributed by atoms with Crippen LogP contribution in [0.15, 0.2) is 18.2 Å². The van der Waals surface area contributed by atoms with Gasteiger partial charge in [-0.15, -0.1) is 0 Å². The van der Waals surface area contributed by atoms with E-state index in [1.807, 2.05) is 32.0 Å². The molecular weight excluding hydrogens is 202 g/mol. The Balaban J connectivity index is 2.54. The molecule has 2 amide bonds. The van der Waals surface area contributed by atoms with Gasteiger partial charge in [-0.25, -0.2) is 0 Å². The van der Waals surface area contributed by atoms with Crippen LogP contribution in [-0.4, -0.2) is 11.8 Å². The number of hydrogen-bond acceptors (Lipinski definition) is 2. The second-order valence-corrected chi connectivity index (χ2v) is 4.06. The van der Waals surface area contributed by atoms with Gasteiger partial charge in [-0.05, 0) is 24.5 Å². The predicted octanol–water partition coefficient (Wildman–Crippen LogP) is 2.21. The van der Waals surface area contributed by atoms with Gasteiger partial charge in [0.1, 0.15) is 0 Å². The molecule has 16 heavy (non-hydrogen) atoms. The van der Waals surface area contributed by atoms with Gasteiger partial charge >= 0.3 is 0 Å². The van der Waals surface area contributed by atoms with Crippen molar-refractivity contribution in [2.24, 2.45) is 0 Å². The molecule has 0 atom stereocenters. The molecule has 0 saturated carbocycles. The third-order valence-corrected chi connectivity index (χ3v) is 2.98. The Labute approximate surface area is 95.1 Å². The maximum absolute atomic E-state index is 11.7. The van der Waals surface area contributed by atoms with Gasteiger partial charge in [-0.1, -0.05) is 25.1 Å². The van der Waals surface area contributed by atoms with E-state index in [2.05, 4.69) is 0 Å². The highest BCUT2D eigenvalue weighted by atomic mass is 16.2. The van der Waals surface area contributed by atoms with Crippen molar-refractivity contribution in [3.8, 4) is 0 Å². The zero-order valence-electron chi connectivity index (χ0n) is 9.62. The minimum atomic E-state index is -0.0750. The van der Waals surface area contributed by atoms with Crippen LogP contribution in [0.4, 0.5) is 5.69 Å². The highest BCUT2D eigenvalue weighted by Gasteiger charge is 2.32. The van der Waals surface area contributed by atoms with Crippen LogP contribution < -0.4 is 4.90 Å². The number of imide groups is 1. The first-order valence-electron chi connectivity index (χ1n) is 5.59. The smallest absolute Gasteiger partial charge is 0.234 e. The average molecular weight is 217 g/mol. The first kappa shape index (κ1) is 10.9. The fraction of sp³-hybridized carbons (Fsp3) is 0.385. The summed E-state index contributed by atoms with van der Waals surface area (Å²) in [5, 5.41) is 0. The summed E-state index contributed by atoms with van der Waals surface area (Å²) < 4.78 is 0. The number of rotatable bonds is 2. The minimum absolute atomic E-state index is 0.0750. The standard InChI is InChI=1S/C13H15NO2/c1-3-10-6-4-5-9(2)13(10)14-11(15)7-8-12(14)16/h4-6H,3,7-8H2,1-2H3. The summed E-state index contributed by atoms with van der Waals surface area (Å²) >= 11 is 0. The number of hydrogen-bond donors (Lipinski definition) is 0. The zero-order chi connectivity index (χ0) is 11.7. The van der Waals surface area contributed by atoms with Crippen LogP contribution in [0.5, 0.6) is 0 Å². The lowest BCUT2D eigenvalue weighted by Gasteiger charge is -2.20. The van der Waals surface area contributed by atoms with Crippen molar-refractivity contribution in [2.75, 3.05) is 4.90 Å². The van der Waals surface area contributed by atoms with E-state index in [1.165, 1.54) is 4.90 Å². The van der Waals surface area contributed by atoms with E-state index in [0.29, 0.717) is 12.8 Å². The van der Waals surface area contributed by atoms with Crippen LogP contribution in [0.3, 0.4) is 0 Å². The van der Waals surface area contributed by atoms with Crippen molar-refractivity contribution in [3.05, 3.63) is 29.3 Å². The van der Waals surface area contributed by atoms with E-state index in [9.17, 15) is 9.59 Å². The summed E-state index contributed by atoms with van der Waals surface area (Å²) in [4.78, 5) is 24.8. The molecule has 0 unspecified atom stereocenters. The Kier molecular flexibility index (Phi) is 2.77. The Hall–Kier alpha value is -1.64. The van der Waals surface area contributed by atoms with E-state index in [-0.39, 0.29) is 11.8 Å². The lowest BCUT2D eigenvalue weighted by molar-refractivity contribution is -0.121. The predicted molar refractivity (Wildman–Crippen MR) is 62.3 cm³/mol. The Morgan fingerprint density at radius 1 is 1.19 bits per heavy atom. The van der Waals surface area contributed by atoms with Crippen molar-refractivity contribution >= 4 is 17.5 Å². The molecule has 0 aliphatic carbocycles. The normalized spacial score (nSPS) is 16.0. The molecule has 0 bridgehead atoms. The number of anilines is 1. The Bertz CT molecular complexity index is 435. The first-order chi connectivity index (χ1) is 7.65. The first-order valence-corrected chi connectivity index (χ1v) is 5.59. The lowest BCUT2D eigenvalue weighted by Crippen LogP contribution is -2.30. The second kappa shape index (κ2) is 4.08. The molecule has 1 saturated heterocycles. The molecule has 3 nitrogen and oxygen atoms in total. The molecule has 0 aromatic heterocycles. The number of amides is 2. The molecule has 1 aliphatic rings. The van der Waals surface area contributed by atoms with E-state index in [4.69, 9.17) is 0 Å². The van der Waals surface area contributed by atoms with Crippen LogP contribution in [-0.2, 0) is 16.0 Å². The molecule has 84 valence electrons. The van der Waals surface area contributed by atoms with Gasteiger partial charge in [0.15, 0.2) is 0 Å². The minimum Gasteiger partial charge on any atom is -0.274 e. The SMILES string of the molecule is CCc1cccc(C)c1N1C(=O)CCC1=O. The van der Waals surface area contributed by atoms with E-state index in [1.54, 1.807) is 0 Å². The monoisotopic (exact) mass is 217 g/mol. The summed E-state index contributed by atoms with van der Waals surface area (Å²) in [5.41, 5.74) is 2.85. The largest absolute Gasteiger partial charge is 0.274 e. The lowest BCUT2D eigenvalue weighted by atomic mass is 10.0. The molecule has 1 aliphatic heterocycles. The maximum atomic E-state index is 11.7. The van der Waals surface area contributed by atoms with Gasteiger partial charge in [0.05, 0.1) is 5.69 Å². The van der Waals surface area contributed by atoms with Crippen LogP contribution in [0.1, 0.15) is 30.9 Å². The van der Waals surface area contributed by atoms with E-state index >= 15 is 0 Å². The summed E-state index contributed by atoms with van der Waals surface area (Å²) in [7, 11) is 0. The van der Waals surface area contributed by atoms with Crippen molar-refractivity contribution in [2.45, 2.75) is 33.1 Å². The second-order valence-electron chi connectivity index (χ2n) is 4.06. The topological polar surface area (TPSA) is 37.4 Å². The maximum Gasteiger partial charge on any atom is 0.234 e. The number of aryl methyl sites for hydroxylation is 2. The number of carbonyl (C=O) groups is 2. The fourth-order valence-corrected chi connectivity index (χ4v) is 2.15. The van der Waals surface area contributed by atoms with Crippen molar-refractivity contribution in [1.82, 2.24) is 0 Å². The number of benzene rings is 1. The molecule has 1 aromatic carbocycles. The van der Waals surface area contributed by atoms with Crippen molar-refractivity contribution in [1.29, 1.82) is 0 Å². The van der Waals surface area contributed by atoms with Crippen LogP contribution >= 0.6 is 0 Å². The van der Waals surface area contributed by atoms with E-state index < -0.39 is 0 Å². The van der Waals surface area contributed by atoms with Crippen LogP contribution in [0.25, 0.3) is 0 Å². The molecule has 0 radical (unpaired) electrons. The van der Waals surface area contributed by atoms with Crippen LogP contribution in [0, 0.1) is 6.92 Å². The van der Waals surface area contributed by atoms with Gasteiger partial charge in [0.2, 0.25) is 11.8 Å².